The third-order valence-corrected chi connectivity index (χ3v) is 16.0. The van der Waals surface area contributed by atoms with E-state index in [-0.39, 0.29) is 50.4 Å². The maximum atomic E-state index is 14.9. The molecule has 5 aromatic rings. The molecule has 7 atom stereocenters. The summed E-state index contributed by atoms with van der Waals surface area (Å²) in [7, 11) is 0. The molecule has 0 aliphatic carbocycles. The average Bonchev–Trinajstić information content (AvgIpc) is 4.10. The summed E-state index contributed by atoms with van der Waals surface area (Å²) < 4.78 is -1.01. The molecular formula is C56H74N14O8S2. The van der Waals surface area contributed by atoms with Gasteiger partial charge in [0.2, 0.25) is 47.3 Å². The quantitative estimate of drug-likeness (QED) is 0.0361. The van der Waals surface area contributed by atoms with Crippen molar-refractivity contribution in [2.75, 3.05) is 12.3 Å². The zero-order valence-electron chi connectivity index (χ0n) is 45.5. The van der Waals surface area contributed by atoms with Gasteiger partial charge in [-0.05, 0) is 61.4 Å². The highest BCUT2D eigenvalue weighted by Crippen LogP contribution is 2.32. The number of benzene rings is 3. The zero-order valence-corrected chi connectivity index (χ0v) is 47.1. The Bertz CT molecular complexity index is 2950. The standard InChI is InChI=1S/C56H74N14O8S2/c1-5-6-19-41(64-33(2)71)49(73)69-46-31-79-29-35-16-12-17-36(23-35)30-80-56(3,4)47(48(57)72)70-53(77)44(25-37-27-62-40-20-11-10-18-39(37)40)67-50(74)42(21-13-22-61-55(58)59)65-51(75)43(24-34-14-8-7-9-15-34)66-52(76)45(68-54(46)78)26-38-28-60-32-63-38/h7-12,14-18,20,23,27-28,32,41-47,62H,5-6,13,19,21-22,24-26,29-31H2,1-4H3,(H2,57,72)(H,60,63)(H,64,71)(H,65,75)(H,66,76)(H,67,74)(H,68,78)(H,69,73)(H,70,77)(H4,58,59,61)/t41-,42-,43+,44-,45-,46-,47+/m0/s1. The second-order valence-corrected chi connectivity index (χ2v) is 22.9. The number of nitrogens with two attached hydrogens (primary N) is 3. The number of aliphatic imine (C=N–C) groups is 1. The minimum atomic E-state index is -1.37. The second kappa shape index (κ2) is 29.9. The van der Waals surface area contributed by atoms with E-state index in [0.717, 1.165) is 28.5 Å². The number of nitrogens with one attached hydrogen (secondary N) is 9. The van der Waals surface area contributed by atoms with E-state index in [2.05, 4.69) is 57.2 Å². The van der Waals surface area contributed by atoms with Crippen molar-refractivity contribution in [1.29, 1.82) is 0 Å². The summed E-state index contributed by atoms with van der Waals surface area (Å²) in [5.74, 6) is -4.95. The van der Waals surface area contributed by atoms with Crippen molar-refractivity contribution in [2.24, 2.45) is 22.2 Å². The number of imidazole rings is 1. The van der Waals surface area contributed by atoms with Gasteiger partial charge in [-0.25, -0.2) is 4.98 Å². The van der Waals surface area contributed by atoms with Gasteiger partial charge in [0.15, 0.2) is 5.96 Å². The molecule has 0 radical (unpaired) electrons. The highest BCUT2D eigenvalue weighted by Gasteiger charge is 2.39. The summed E-state index contributed by atoms with van der Waals surface area (Å²) in [4.78, 5) is 128. The van der Waals surface area contributed by atoms with Crippen LogP contribution in [0.15, 0.2) is 103 Å². The number of nitrogens with zero attached hydrogens (tertiary/aromatic N) is 2. The van der Waals surface area contributed by atoms with Crippen LogP contribution in [0.2, 0.25) is 0 Å². The van der Waals surface area contributed by atoms with Crippen LogP contribution in [0.4, 0.5) is 0 Å². The van der Waals surface area contributed by atoms with Gasteiger partial charge in [0.25, 0.3) is 0 Å². The van der Waals surface area contributed by atoms with Crippen LogP contribution >= 0.6 is 23.5 Å². The predicted octanol–water partition coefficient (Wildman–Crippen LogP) is 2.02. The lowest BCUT2D eigenvalue weighted by Crippen LogP contribution is -2.62. The van der Waals surface area contributed by atoms with Crippen LogP contribution in [-0.2, 0) is 69.1 Å². The Morgan fingerprint density at radius 1 is 0.750 bits per heavy atom. The molecule has 0 fully saturated rings. The Balaban J connectivity index is 1.42. The molecule has 1 aliphatic heterocycles. The summed E-state index contributed by atoms with van der Waals surface area (Å²) in [6.07, 6.45) is 6.22. The Kier molecular flexibility index (Phi) is 23.0. The number of aromatic amines is 2. The van der Waals surface area contributed by atoms with Gasteiger partial charge in [0.05, 0.1) is 6.33 Å². The number of fused-ring (bicyclic) bond motifs is 3. The Labute approximate surface area is 473 Å². The SMILES string of the molecule is CCCC[C@H](NC(C)=O)C(=O)N[C@H]1CSCc2cccc(c2)CSC(C)(C)[C@@H](C(N)=O)NC(=O)[C@H](Cc2c[nH]c3ccccc23)NC(=O)[C@H](CCCN=C(N)N)NC(=O)[C@@H](Cc2ccccc2)NC(=O)[C@H](Cc2cnc[nH]2)NC1=O. The number of unbranched alkanes of at least 4 members (excludes halogenated alkanes) is 1. The fourth-order valence-electron chi connectivity index (χ4n) is 9.14. The summed E-state index contributed by atoms with van der Waals surface area (Å²) in [5.41, 5.74) is 21.7. The molecule has 428 valence electrons. The highest BCUT2D eigenvalue weighted by atomic mass is 32.2. The number of hydrogen-bond acceptors (Lipinski definition) is 12. The van der Waals surface area contributed by atoms with Crippen LogP contribution in [0.25, 0.3) is 10.9 Å². The molecule has 2 bridgehead atoms. The van der Waals surface area contributed by atoms with Crippen LogP contribution in [0.1, 0.15) is 87.7 Å². The van der Waals surface area contributed by atoms with Gasteiger partial charge < -0.3 is 64.4 Å². The first-order valence-electron chi connectivity index (χ1n) is 26.6. The van der Waals surface area contributed by atoms with Gasteiger partial charge in [-0.3, -0.25) is 43.3 Å². The zero-order chi connectivity index (χ0) is 57.8. The maximum Gasteiger partial charge on any atom is 0.244 e. The fraction of sp³-hybridized carbons (Fsp3) is 0.429. The van der Waals surface area contributed by atoms with E-state index in [0.29, 0.717) is 41.2 Å². The third-order valence-electron chi connectivity index (χ3n) is 13.4. The number of primary amides is 1. The first kappa shape index (κ1) is 61.4. The number of amides is 8. The molecule has 0 unspecified atom stereocenters. The molecule has 0 spiro atoms. The minimum Gasteiger partial charge on any atom is -0.370 e. The molecule has 8 amide bonds. The van der Waals surface area contributed by atoms with Crippen LogP contribution in [-0.4, -0.2) is 128 Å². The van der Waals surface area contributed by atoms with E-state index < -0.39 is 94.3 Å². The fourth-order valence-corrected chi connectivity index (χ4v) is 11.2. The first-order chi connectivity index (χ1) is 38.3. The van der Waals surface area contributed by atoms with E-state index in [1.165, 1.54) is 43.0 Å². The van der Waals surface area contributed by atoms with Crippen LogP contribution in [0.5, 0.6) is 0 Å². The lowest BCUT2D eigenvalue weighted by atomic mass is 9.99. The molecule has 1 aliphatic rings. The average molecular weight is 1140 g/mol. The largest absolute Gasteiger partial charge is 0.370 e. The number of H-pyrrole nitrogens is 2. The van der Waals surface area contributed by atoms with Crippen molar-refractivity contribution >= 4 is 87.6 Å². The summed E-state index contributed by atoms with van der Waals surface area (Å²) in [6, 6.07) is 15.2. The number of guanidine groups is 1. The highest BCUT2D eigenvalue weighted by molar-refractivity contribution is 8.00. The Morgan fingerprint density at radius 2 is 1.39 bits per heavy atom. The van der Waals surface area contributed by atoms with Crippen molar-refractivity contribution in [3.63, 3.8) is 0 Å². The lowest BCUT2D eigenvalue weighted by Gasteiger charge is -2.34. The van der Waals surface area contributed by atoms with Gasteiger partial charge in [-0.15, -0.1) is 11.8 Å². The molecule has 3 aromatic carbocycles. The van der Waals surface area contributed by atoms with E-state index in [1.54, 1.807) is 50.4 Å². The van der Waals surface area contributed by atoms with Crippen LogP contribution in [0.3, 0.4) is 0 Å². The third kappa shape index (κ3) is 18.6. The number of rotatable bonds is 17. The molecule has 3 heterocycles. The summed E-state index contributed by atoms with van der Waals surface area (Å²) in [5, 5.41) is 20.6. The molecule has 0 saturated carbocycles. The van der Waals surface area contributed by atoms with Gasteiger partial charge in [0.1, 0.15) is 42.3 Å². The number of hydrogen-bond donors (Lipinski definition) is 12. The summed E-state index contributed by atoms with van der Waals surface area (Å²) in [6.45, 7) is 6.91. The molecule has 22 nitrogen and oxygen atoms in total. The van der Waals surface area contributed by atoms with Crippen molar-refractivity contribution < 1.29 is 38.4 Å². The van der Waals surface area contributed by atoms with Crippen LogP contribution in [0, 0.1) is 0 Å². The normalized spacial score (nSPS) is 21.2. The van der Waals surface area contributed by atoms with Gasteiger partial charge >= 0.3 is 0 Å². The van der Waals surface area contributed by atoms with Gasteiger partial charge in [0, 0.05) is 83.7 Å². The number of thioether (sulfide) groups is 2. The smallest absolute Gasteiger partial charge is 0.244 e. The van der Waals surface area contributed by atoms with E-state index in [4.69, 9.17) is 17.2 Å². The summed E-state index contributed by atoms with van der Waals surface area (Å²) >= 11 is 2.74. The molecule has 2 aromatic heterocycles. The van der Waals surface area contributed by atoms with E-state index in [1.807, 2.05) is 55.5 Å². The second-order valence-electron chi connectivity index (χ2n) is 20.3. The number of carbonyl (C=O) groups excluding carboxylic acids is 8. The van der Waals surface area contributed by atoms with E-state index >= 15 is 0 Å². The number of aromatic nitrogens is 3. The number of para-hydroxylation sites is 1. The maximum absolute atomic E-state index is 14.9. The Hall–Kier alpha value is -7.86. The van der Waals surface area contributed by atoms with E-state index in [9.17, 15) is 38.4 Å². The minimum absolute atomic E-state index is 0.0372. The van der Waals surface area contributed by atoms with Crippen molar-refractivity contribution in [3.05, 3.63) is 126 Å². The molecule has 80 heavy (non-hydrogen) atoms. The predicted molar refractivity (Wildman–Crippen MR) is 310 cm³/mol. The molecular weight excluding hydrogens is 1060 g/mol. The van der Waals surface area contributed by atoms with Crippen molar-refractivity contribution in [1.82, 2.24) is 52.2 Å². The van der Waals surface area contributed by atoms with Crippen molar-refractivity contribution in [2.45, 2.75) is 138 Å². The molecule has 0 saturated heterocycles. The molecule has 24 heteroatoms. The van der Waals surface area contributed by atoms with Gasteiger partial charge in [-0.1, -0.05) is 92.6 Å². The van der Waals surface area contributed by atoms with Crippen molar-refractivity contribution in [3.8, 4) is 0 Å². The topological polar surface area (TPSA) is 356 Å². The van der Waals surface area contributed by atoms with Crippen LogP contribution < -0.4 is 54.4 Å². The molecule has 15 N–H and O–H groups in total. The molecule has 6 rings (SSSR count). The van der Waals surface area contributed by atoms with Gasteiger partial charge in [-0.2, -0.15) is 11.8 Å². The first-order valence-corrected chi connectivity index (χ1v) is 28.7. The monoisotopic (exact) mass is 1130 g/mol. The lowest BCUT2D eigenvalue weighted by molar-refractivity contribution is -0.135. The Morgan fingerprint density at radius 3 is 2.06 bits per heavy atom. The number of carbonyl (C=O) groups is 8.